The lowest BCUT2D eigenvalue weighted by atomic mass is 10.3. The number of benzene rings is 1. The molecule has 0 radical (unpaired) electrons. The number of piperazine rings is 1. The van der Waals surface area contributed by atoms with Gasteiger partial charge in [-0.05, 0) is 24.3 Å². The fourth-order valence-corrected chi connectivity index (χ4v) is 3.28. The maximum Gasteiger partial charge on any atom is 0.185 e. The van der Waals surface area contributed by atoms with E-state index in [1.807, 2.05) is 35.8 Å². The number of thiazole rings is 1. The van der Waals surface area contributed by atoms with Gasteiger partial charge < -0.3 is 10.2 Å². The number of nitrogens with zero attached hydrogens (tertiary/aromatic N) is 3. The van der Waals surface area contributed by atoms with Gasteiger partial charge in [-0.15, -0.1) is 11.3 Å². The van der Waals surface area contributed by atoms with Crippen LogP contribution < -0.4 is 10.2 Å². The summed E-state index contributed by atoms with van der Waals surface area (Å²) in [6.45, 7) is 6.35. The number of hydrogen-bond acceptors (Lipinski definition) is 5. The van der Waals surface area contributed by atoms with Crippen LogP contribution in [0.25, 0.3) is 0 Å². The van der Waals surface area contributed by atoms with Crippen LogP contribution in [0, 0.1) is 0 Å². The molecule has 1 aliphatic rings. The van der Waals surface area contributed by atoms with Gasteiger partial charge in [0.05, 0.1) is 0 Å². The van der Waals surface area contributed by atoms with Crippen LogP contribution in [0.2, 0.25) is 5.02 Å². The molecule has 1 N–H and O–H groups in total. The summed E-state index contributed by atoms with van der Waals surface area (Å²) in [6, 6.07) is 7.86. The third-order valence-corrected chi connectivity index (χ3v) is 4.75. The molecule has 0 aliphatic carbocycles. The Balaban J connectivity index is 1.38. The van der Waals surface area contributed by atoms with Gasteiger partial charge in [-0.2, -0.15) is 0 Å². The van der Waals surface area contributed by atoms with E-state index in [0.29, 0.717) is 0 Å². The number of rotatable bonds is 5. The molecule has 112 valence electrons. The minimum atomic E-state index is 0.777. The van der Waals surface area contributed by atoms with E-state index in [0.717, 1.165) is 55.1 Å². The van der Waals surface area contributed by atoms with E-state index >= 15 is 0 Å². The Labute approximate surface area is 134 Å². The van der Waals surface area contributed by atoms with Crippen molar-refractivity contribution in [3.05, 3.63) is 40.9 Å². The summed E-state index contributed by atoms with van der Waals surface area (Å²) in [5.74, 6) is 0. The van der Waals surface area contributed by atoms with Crippen LogP contribution in [0.4, 0.5) is 10.8 Å². The standard InChI is InChI=1S/C15H19ClN4S/c16-13-1-3-14(4-2-13)17-5-7-19-8-10-20(11-9-19)15-18-6-12-21-15/h1-4,6,12,17H,5,7-11H2. The molecule has 1 aromatic carbocycles. The Morgan fingerprint density at radius 3 is 2.57 bits per heavy atom. The third-order valence-electron chi connectivity index (χ3n) is 3.66. The first-order valence-electron chi connectivity index (χ1n) is 7.17. The molecule has 21 heavy (non-hydrogen) atoms. The highest BCUT2D eigenvalue weighted by Gasteiger charge is 2.17. The van der Waals surface area contributed by atoms with Crippen LogP contribution in [0.3, 0.4) is 0 Å². The molecule has 1 aromatic heterocycles. The monoisotopic (exact) mass is 322 g/mol. The van der Waals surface area contributed by atoms with Crippen molar-refractivity contribution in [1.29, 1.82) is 0 Å². The normalized spacial score (nSPS) is 16.1. The Morgan fingerprint density at radius 2 is 1.90 bits per heavy atom. The first-order valence-corrected chi connectivity index (χ1v) is 8.43. The largest absolute Gasteiger partial charge is 0.384 e. The van der Waals surface area contributed by atoms with Crippen molar-refractivity contribution >= 4 is 33.8 Å². The molecule has 0 spiro atoms. The molecule has 1 fully saturated rings. The minimum Gasteiger partial charge on any atom is -0.384 e. The highest BCUT2D eigenvalue weighted by atomic mass is 35.5. The van der Waals surface area contributed by atoms with Crippen molar-refractivity contribution < 1.29 is 0 Å². The molecule has 2 heterocycles. The van der Waals surface area contributed by atoms with Crippen molar-refractivity contribution in [2.45, 2.75) is 0 Å². The van der Waals surface area contributed by atoms with Gasteiger partial charge in [-0.1, -0.05) is 11.6 Å². The van der Waals surface area contributed by atoms with Gasteiger partial charge in [0, 0.05) is 61.6 Å². The Bertz CT molecular complexity index is 535. The fourth-order valence-electron chi connectivity index (χ4n) is 2.46. The Hall–Kier alpha value is -1.30. The van der Waals surface area contributed by atoms with Crippen molar-refractivity contribution in [2.75, 3.05) is 49.5 Å². The van der Waals surface area contributed by atoms with E-state index in [2.05, 4.69) is 20.1 Å². The molecule has 0 amide bonds. The Morgan fingerprint density at radius 1 is 1.14 bits per heavy atom. The van der Waals surface area contributed by atoms with Crippen molar-refractivity contribution in [3.63, 3.8) is 0 Å². The SMILES string of the molecule is Clc1ccc(NCCN2CCN(c3nccs3)CC2)cc1. The smallest absolute Gasteiger partial charge is 0.185 e. The summed E-state index contributed by atoms with van der Waals surface area (Å²) in [5.41, 5.74) is 1.13. The molecule has 1 saturated heterocycles. The van der Waals surface area contributed by atoms with Crippen LogP contribution in [0.15, 0.2) is 35.8 Å². The molecule has 0 bridgehead atoms. The summed E-state index contributed by atoms with van der Waals surface area (Å²) < 4.78 is 0. The number of hydrogen-bond donors (Lipinski definition) is 1. The summed E-state index contributed by atoms with van der Waals surface area (Å²) in [6.07, 6.45) is 1.88. The second-order valence-electron chi connectivity index (χ2n) is 5.08. The summed E-state index contributed by atoms with van der Waals surface area (Å²) >= 11 is 7.60. The fraction of sp³-hybridized carbons (Fsp3) is 0.400. The molecule has 0 atom stereocenters. The predicted molar refractivity (Wildman–Crippen MR) is 90.7 cm³/mol. The van der Waals surface area contributed by atoms with E-state index in [1.165, 1.54) is 0 Å². The molecule has 4 nitrogen and oxygen atoms in total. The van der Waals surface area contributed by atoms with Gasteiger partial charge in [0.2, 0.25) is 0 Å². The molecule has 3 rings (SSSR count). The van der Waals surface area contributed by atoms with E-state index in [1.54, 1.807) is 11.3 Å². The molecule has 1 aliphatic heterocycles. The maximum atomic E-state index is 5.88. The average molecular weight is 323 g/mol. The van der Waals surface area contributed by atoms with Gasteiger partial charge in [-0.25, -0.2) is 4.98 Å². The lowest BCUT2D eigenvalue weighted by molar-refractivity contribution is 0.267. The number of anilines is 2. The summed E-state index contributed by atoms with van der Waals surface area (Å²) in [7, 11) is 0. The lowest BCUT2D eigenvalue weighted by Gasteiger charge is -2.34. The van der Waals surface area contributed by atoms with Crippen molar-refractivity contribution in [1.82, 2.24) is 9.88 Å². The predicted octanol–water partition coefficient (Wildman–Crippen LogP) is 3.03. The zero-order chi connectivity index (χ0) is 14.5. The second-order valence-corrected chi connectivity index (χ2v) is 6.39. The minimum absolute atomic E-state index is 0.777. The molecule has 0 unspecified atom stereocenters. The van der Waals surface area contributed by atoms with Crippen molar-refractivity contribution in [3.8, 4) is 0 Å². The topological polar surface area (TPSA) is 31.4 Å². The van der Waals surface area contributed by atoms with Gasteiger partial charge in [0.25, 0.3) is 0 Å². The van der Waals surface area contributed by atoms with Gasteiger partial charge in [-0.3, -0.25) is 4.90 Å². The van der Waals surface area contributed by atoms with Gasteiger partial charge >= 0.3 is 0 Å². The zero-order valence-electron chi connectivity index (χ0n) is 11.8. The first kappa shape index (κ1) is 14.6. The second kappa shape index (κ2) is 7.11. The molecule has 2 aromatic rings. The molecule has 6 heteroatoms. The number of aromatic nitrogens is 1. The van der Waals surface area contributed by atoms with Crippen LogP contribution in [-0.4, -0.2) is 49.2 Å². The lowest BCUT2D eigenvalue weighted by Crippen LogP contribution is -2.47. The van der Waals surface area contributed by atoms with Crippen LogP contribution in [-0.2, 0) is 0 Å². The highest BCUT2D eigenvalue weighted by molar-refractivity contribution is 7.13. The molecular weight excluding hydrogens is 304 g/mol. The summed E-state index contributed by atoms with van der Waals surface area (Å²) in [4.78, 5) is 9.24. The van der Waals surface area contributed by atoms with E-state index in [-0.39, 0.29) is 0 Å². The quantitative estimate of drug-likeness (QED) is 0.917. The molecule has 0 saturated carbocycles. The van der Waals surface area contributed by atoms with E-state index in [4.69, 9.17) is 11.6 Å². The van der Waals surface area contributed by atoms with E-state index < -0.39 is 0 Å². The first-order chi connectivity index (χ1) is 10.3. The number of halogens is 1. The zero-order valence-corrected chi connectivity index (χ0v) is 13.4. The highest BCUT2D eigenvalue weighted by Crippen LogP contribution is 2.18. The summed E-state index contributed by atoms with van der Waals surface area (Å²) in [5, 5.41) is 7.40. The van der Waals surface area contributed by atoms with Crippen LogP contribution in [0.1, 0.15) is 0 Å². The van der Waals surface area contributed by atoms with Crippen molar-refractivity contribution in [2.24, 2.45) is 0 Å². The third kappa shape index (κ3) is 4.09. The average Bonchev–Trinajstić information content (AvgIpc) is 3.04. The Kier molecular flexibility index (Phi) is 4.95. The van der Waals surface area contributed by atoms with E-state index in [9.17, 15) is 0 Å². The molecular formula is C15H19ClN4S. The number of nitrogens with one attached hydrogen (secondary N) is 1. The maximum absolute atomic E-state index is 5.88. The van der Waals surface area contributed by atoms with Crippen LogP contribution in [0.5, 0.6) is 0 Å². The van der Waals surface area contributed by atoms with Gasteiger partial charge in [0.15, 0.2) is 5.13 Å². The van der Waals surface area contributed by atoms with Crippen LogP contribution >= 0.6 is 22.9 Å². The van der Waals surface area contributed by atoms with Gasteiger partial charge in [0.1, 0.15) is 0 Å².